The van der Waals surface area contributed by atoms with Crippen molar-refractivity contribution in [3.63, 3.8) is 0 Å². The van der Waals surface area contributed by atoms with Gasteiger partial charge in [0.15, 0.2) is 11.3 Å². The van der Waals surface area contributed by atoms with E-state index < -0.39 is 0 Å². The molecule has 170 valence electrons. The number of rotatable bonds is 4. The monoisotopic (exact) mass is 483 g/mol. The van der Waals surface area contributed by atoms with E-state index in [1.54, 1.807) is 23.0 Å². The van der Waals surface area contributed by atoms with Gasteiger partial charge in [0.25, 0.3) is 5.91 Å². The Labute approximate surface area is 201 Å². The number of amides is 1. The van der Waals surface area contributed by atoms with E-state index in [-0.39, 0.29) is 5.91 Å². The van der Waals surface area contributed by atoms with Gasteiger partial charge in [0.1, 0.15) is 0 Å². The summed E-state index contributed by atoms with van der Waals surface area (Å²) < 4.78 is 3.53. The van der Waals surface area contributed by atoms with Gasteiger partial charge < -0.3 is 4.90 Å². The lowest BCUT2D eigenvalue weighted by atomic mass is 10.2. The molecule has 0 atom stereocenters. The van der Waals surface area contributed by atoms with Gasteiger partial charge in [0.05, 0.1) is 21.9 Å². The quantitative estimate of drug-likeness (QED) is 0.442. The highest BCUT2D eigenvalue weighted by molar-refractivity contribution is 6.42. The molecule has 0 spiro atoms. The minimum absolute atomic E-state index is 0.0801. The molecule has 1 aliphatic rings. The summed E-state index contributed by atoms with van der Waals surface area (Å²) in [7, 11) is 1.90. The van der Waals surface area contributed by atoms with Gasteiger partial charge in [-0.05, 0) is 30.7 Å². The lowest BCUT2D eigenvalue weighted by molar-refractivity contribution is 0.0622. The average molecular weight is 484 g/mol. The number of halogens is 2. The first-order valence-electron chi connectivity index (χ1n) is 10.7. The molecule has 0 radical (unpaired) electrons. The van der Waals surface area contributed by atoms with Crippen molar-refractivity contribution in [3.8, 4) is 11.3 Å². The van der Waals surface area contributed by atoms with E-state index in [1.165, 1.54) is 0 Å². The van der Waals surface area contributed by atoms with Crippen LogP contribution in [0.1, 0.15) is 21.7 Å². The molecule has 3 aromatic heterocycles. The molecular weight excluding hydrogens is 461 g/mol. The van der Waals surface area contributed by atoms with Crippen LogP contribution >= 0.6 is 23.2 Å². The van der Waals surface area contributed by atoms with Crippen LogP contribution < -0.4 is 0 Å². The summed E-state index contributed by atoms with van der Waals surface area (Å²) in [6.45, 7) is 5.59. The Morgan fingerprint density at radius 2 is 1.85 bits per heavy atom. The number of carbonyl (C=O) groups excluding carboxylic acids is 1. The van der Waals surface area contributed by atoms with Crippen LogP contribution in [0.25, 0.3) is 16.9 Å². The van der Waals surface area contributed by atoms with Gasteiger partial charge in [-0.3, -0.25) is 14.4 Å². The van der Waals surface area contributed by atoms with Crippen LogP contribution in [0.3, 0.4) is 0 Å². The van der Waals surface area contributed by atoms with Crippen molar-refractivity contribution < 1.29 is 4.79 Å². The van der Waals surface area contributed by atoms with Crippen LogP contribution in [0.5, 0.6) is 0 Å². The third kappa shape index (κ3) is 4.21. The maximum Gasteiger partial charge on any atom is 0.274 e. The molecule has 33 heavy (non-hydrogen) atoms. The SMILES string of the molecule is Cc1c(-c2ccnc3cc(C(=O)N4CCN(Cc5ccc(Cl)c(Cl)c5)CC4)nn23)cnn1C. The van der Waals surface area contributed by atoms with Gasteiger partial charge >= 0.3 is 0 Å². The molecule has 0 bridgehead atoms. The van der Waals surface area contributed by atoms with Crippen LogP contribution in [0, 0.1) is 6.92 Å². The van der Waals surface area contributed by atoms with E-state index in [2.05, 4.69) is 20.1 Å². The van der Waals surface area contributed by atoms with Crippen LogP contribution in [-0.4, -0.2) is 66.3 Å². The number of piperazine rings is 1. The molecule has 1 fully saturated rings. The molecule has 0 N–H and O–H groups in total. The number of nitrogens with zero attached hydrogens (tertiary/aromatic N) is 7. The molecule has 0 saturated carbocycles. The fourth-order valence-corrected chi connectivity index (χ4v) is 4.44. The summed E-state index contributed by atoms with van der Waals surface area (Å²) in [6, 6.07) is 9.33. The fraction of sp³-hybridized carbons (Fsp3) is 0.304. The largest absolute Gasteiger partial charge is 0.335 e. The predicted octanol–water partition coefficient (Wildman–Crippen LogP) is 3.70. The van der Waals surface area contributed by atoms with Crippen molar-refractivity contribution >= 4 is 34.8 Å². The summed E-state index contributed by atoms with van der Waals surface area (Å²) in [5, 5.41) is 10.0. The minimum Gasteiger partial charge on any atom is -0.335 e. The van der Waals surface area contributed by atoms with Crippen LogP contribution in [0.2, 0.25) is 10.0 Å². The predicted molar refractivity (Wildman–Crippen MR) is 128 cm³/mol. The van der Waals surface area contributed by atoms with Gasteiger partial charge in [0, 0.05) is 63.3 Å². The Morgan fingerprint density at radius 1 is 1.06 bits per heavy atom. The summed E-state index contributed by atoms with van der Waals surface area (Å²) in [4.78, 5) is 21.7. The Balaban J connectivity index is 1.30. The molecule has 1 saturated heterocycles. The molecule has 5 rings (SSSR count). The summed E-state index contributed by atoms with van der Waals surface area (Å²) >= 11 is 12.1. The first-order valence-corrected chi connectivity index (χ1v) is 11.5. The zero-order chi connectivity index (χ0) is 23.1. The van der Waals surface area contributed by atoms with Gasteiger partial charge in [0.2, 0.25) is 0 Å². The Morgan fingerprint density at radius 3 is 2.55 bits per heavy atom. The zero-order valence-corrected chi connectivity index (χ0v) is 19.9. The molecule has 1 aliphatic heterocycles. The number of aryl methyl sites for hydroxylation is 1. The standard InChI is InChI=1S/C23H23Cl2N7O/c1-15-17(13-27-29(15)2)21-5-6-26-22-12-20(28-32(21)22)23(33)31-9-7-30(8-10-31)14-16-3-4-18(24)19(25)11-16/h3-6,11-13H,7-10,14H2,1-2H3. The lowest BCUT2D eigenvalue weighted by Crippen LogP contribution is -2.48. The number of fused-ring (bicyclic) bond motifs is 1. The molecule has 8 nitrogen and oxygen atoms in total. The second-order valence-electron chi connectivity index (χ2n) is 8.21. The molecular formula is C23H23Cl2N7O. The second kappa shape index (κ2) is 8.78. The summed E-state index contributed by atoms with van der Waals surface area (Å²) in [6.07, 6.45) is 3.54. The highest BCUT2D eigenvalue weighted by Gasteiger charge is 2.25. The molecule has 0 aliphatic carbocycles. The second-order valence-corrected chi connectivity index (χ2v) is 9.03. The van der Waals surface area contributed by atoms with Crippen LogP contribution in [-0.2, 0) is 13.6 Å². The topological polar surface area (TPSA) is 71.6 Å². The van der Waals surface area contributed by atoms with E-state index in [0.29, 0.717) is 34.5 Å². The highest BCUT2D eigenvalue weighted by atomic mass is 35.5. The lowest BCUT2D eigenvalue weighted by Gasteiger charge is -2.34. The highest BCUT2D eigenvalue weighted by Crippen LogP contribution is 2.25. The summed E-state index contributed by atoms with van der Waals surface area (Å²) in [5.41, 5.74) is 4.98. The van der Waals surface area contributed by atoms with Crippen molar-refractivity contribution in [1.82, 2.24) is 34.2 Å². The van der Waals surface area contributed by atoms with Crippen molar-refractivity contribution in [2.75, 3.05) is 26.2 Å². The van der Waals surface area contributed by atoms with E-state index >= 15 is 0 Å². The molecule has 0 unspecified atom stereocenters. The maximum atomic E-state index is 13.2. The van der Waals surface area contributed by atoms with Crippen molar-refractivity contribution in [2.24, 2.45) is 7.05 Å². The first kappa shape index (κ1) is 21.9. The van der Waals surface area contributed by atoms with Crippen molar-refractivity contribution in [2.45, 2.75) is 13.5 Å². The number of carbonyl (C=O) groups is 1. The van der Waals surface area contributed by atoms with E-state index in [9.17, 15) is 4.79 Å². The molecule has 10 heteroatoms. The molecule has 4 heterocycles. The van der Waals surface area contributed by atoms with E-state index in [4.69, 9.17) is 23.2 Å². The van der Waals surface area contributed by atoms with E-state index in [0.717, 1.165) is 42.1 Å². The van der Waals surface area contributed by atoms with Gasteiger partial charge in [-0.15, -0.1) is 0 Å². The maximum absolute atomic E-state index is 13.2. The number of benzene rings is 1. The smallest absolute Gasteiger partial charge is 0.274 e. The molecule has 4 aromatic rings. The van der Waals surface area contributed by atoms with Gasteiger partial charge in [-0.1, -0.05) is 29.3 Å². The van der Waals surface area contributed by atoms with Gasteiger partial charge in [-0.2, -0.15) is 10.2 Å². The first-order chi connectivity index (χ1) is 15.9. The van der Waals surface area contributed by atoms with E-state index in [1.807, 2.05) is 47.8 Å². The fourth-order valence-electron chi connectivity index (χ4n) is 4.12. The number of hydrogen-bond acceptors (Lipinski definition) is 5. The molecule has 1 amide bonds. The third-order valence-electron chi connectivity index (χ3n) is 6.14. The molecule has 1 aromatic carbocycles. The van der Waals surface area contributed by atoms with Gasteiger partial charge in [-0.25, -0.2) is 9.50 Å². The third-order valence-corrected chi connectivity index (χ3v) is 6.88. The van der Waals surface area contributed by atoms with Crippen LogP contribution in [0.15, 0.2) is 42.7 Å². The normalized spacial score (nSPS) is 14.8. The number of aromatic nitrogens is 5. The zero-order valence-electron chi connectivity index (χ0n) is 18.4. The Kier molecular flexibility index (Phi) is 5.82. The minimum atomic E-state index is -0.0801. The van der Waals surface area contributed by atoms with Crippen LogP contribution in [0.4, 0.5) is 0 Å². The Bertz CT molecular complexity index is 1340. The average Bonchev–Trinajstić information content (AvgIpc) is 3.40. The van der Waals surface area contributed by atoms with Crippen molar-refractivity contribution in [3.05, 3.63) is 69.7 Å². The van der Waals surface area contributed by atoms with Crippen molar-refractivity contribution in [1.29, 1.82) is 0 Å². The summed E-state index contributed by atoms with van der Waals surface area (Å²) in [5.74, 6) is -0.0801. The number of hydrogen-bond donors (Lipinski definition) is 0. The Hall–Kier alpha value is -2.94.